The summed E-state index contributed by atoms with van der Waals surface area (Å²) in [4.78, 5) is 12.2. The summed E-state index contributed by atoms with van der Waals surface area (Å²) in [6.07, 6.45) is 0.782. The van der Waals surface area contributed by atoms with Gasteiger partial charge in [0.15, 0.2) is 23.0 Å². The molecule has 0 aliphatic carbocycles. The standard InChI is InChI=1S/C20H22N2O5/c1-3-24-16-10-9-14(11-18(16)25-4-2)12-21-22-20(23)19-13-26-15-7-5-6-8-17(15)27-19/h5-12,19H,3-4,13H2,1-2H3,(H,22,23)/b21-12-/t19-/m0/s1. The molecule has 1 aliphatic heterocycles. The molecular weight excluding hydrogens is 348 g/mol. The van der Waals surface area contributed by atoms with Crippen molar-refractivity contribution in [1.82, 2.24) is 5.43 Å². The Morgan fingerprint density at radius 2 is 1.89 bits per heavy atom. The molecular formula is C20H22N2O5. The van der Waals surface area contributed by atoms with Gasteiger partial charge in [-0.2, -0.15) is 5.10 Å². The van der Waals surface area contributed by atoms with Crippen molar-refractivity contribution in [3.05, 3.63) is 48.0 Å². The van der Waals surface area contributed by atoms with Crippen molar-refractivity contribution < 1.29 is 23.7 Å². The number of benzene rings is 2. The monoisotopic (exact) mass is 370 g/mol. The highest BCUT2D eigenvalue weighted by molar-refractivity contribution is 5.85. The molecule has 0 bridgehead atoms. The van der Waals surface area contributed by atoms with E-state index >= 15 is 0 Å². The van der Waals surface area contributed by atoms with Gasteiger partial charge in [-0.25, -0.2) is 5.43 Å². The van der Waals surface area contributed by atoms with Crippen LogP contribution in [0.2, 0.25) is 0 Å². The van der Waals surface area contributed by atoms with Crippen molar-refractivity contribution in [2.24, 2.45) is 5.10 Å². The molecule has 7 heteroatoms. The average Bonchev–Trinajstić information content (AvgIpc) is 2.69. The van der Waals surface area contributed by atoms with Crippen LogP contribution in [-0.2, 0) is 4.79 Å². The largest absolute Gasteiger partial charge is 0.490 e. The Kier molecular flexibility index (Phi) is 6.14. The zero-order chi connectivity index (χ0) is 19.1. The van der Waals surface area contributed by atoms with Gasteiger partial charge in [-0.3, -0.25) is 4.79 Å². The van der Waals surface area contributed by atoms with Crippen LogP contribution in [-0.4, -0.2) is 38.0 Å². The Morgan fingerprint density at radius 1 is 1.15 bits per heavy atom. The first kappa shape index (κ1) is 18.6. The Balaban J connectivity index is 1.60. The minimum Gasteiger partial charge on any atom is -0.490 e. The number of rotatable bonds is 7. The maximum atomic E-state index is 12.2. The number of carbonyl (C=O) groups is 1. The van der Waals surface area contributed by atoms with Crippen LogP contribution in [0.3, 0.4) is 0 Å². The minimum atomic E-state index is -0.753. The van der Waals surface area contributed by atoms with Crippen LogP contribution >= 0.6 is 0 Å². The quantitative estimate of drug-likeness (QED) is 0.599. The maximum Gasteiger partial charge on any atom is 0.284 e. The zero-order valence-electron chi connectivity index (χ0n) is 15.3. The number of para-hydroxylation sites is 2. The number of hydrogen-bond acceptors (Lipinski definition) is 6. The fourth-order valence-electron chi connectivity index (χ4n) is 2.54. The molecule has 27 heavy (non-hydrogen) atoms. The lowest BCUT2D eigenvalue weighted by atomic mass is 10.2. The number of hydrazone groups is 1. The minimum absolute atomic E-state index is 0.135. The van der Waals surface area contributed by atoms with Gasteiger partial charge in [-0.15, -0.1) is 0 Å². The fraction of sp³-hybridized carbons (Fsp3) is 0.300. The fourth-order valence-corrected chi connectivity index (χ4v) is 2.54. The van der Waals surface area contributed by atoms with Crippen molar-refractivity contribution in [1.29, 1.82) is 0 Å². The lowest BCUT2D eigenvalue weighted by Gasteiger charge is -2.24. The predicted molar refractivity (Wildman–Crippen MR) is 101 cm³/mol. The van der Waals surface area contributed by atoms with Crippen LogP contribution < -0.4 is 24.4 Å². The van der Waals surface area contributed by atoms with Gasteiger partial charge in [-0.1, -0.05) is 12.1 Å². The summed E-state index contributed by atoms with van der Waals surface area (Å²) in [5.74, 6) is 2.10. The number of nitrogens with one attached hydrogen (secondary N) is 1. The number of amides is 1. The van der Waals surface area contributed by atoms with E-state index in [0.717, 1.165) is 5.56 Å². The molecule has 1 N–H and O–H groups in total. The van der Waals surface area contributed by atoms with E-state index in [2.05, 4.69) is 10.5 Å². The highest BCUT2D eigenvalue weighted by atomic mass is 16.6. The Bertz CT molecular complexity index is 822. The van der Waals surface area contributed by atoms with E-state index in [0.29, 0.717) is 36.2 Å². The molecule has 1 heterocycles. The van der Waals surface area contributed by atoms with Gasteiger partial charge >= 0.3 is 0 Å². The molecule has 1 atom stereocenters. The van der Waals surface area contributed by atoms with Crippen LogP contribution in [0.1, 0.15) is 19.4 Å². The van der Waals surface area contributed by atoms with Gasteiger partial charge in [-0.05, 0) is 49.7 Å². The predicted octanol–water partition coefficient (Wildman–Crippen LogP) is 2.77. The van der Waals surface area contributed by atoms with Crippen molar-refractivity contribution in [3.8, 4) is 23.0 Å². The van der Waals surface area contributed by atoms with E-state index in [9.17, 15) is 4.79 Å². The van der Waals surface area contributed by atoms with Crippen LogP contribution in [0.5, 0.6) is 23.0 Å². The number of hydrogen-bond donors (Lipinski definition) is 1. The van der Waals surface area contributed by atoms with Gasteiger partial charge in [0, 0.05) is 0 Å². The highest BCUT2D eigenvalue weighted by Gasteiger charge is 2.26. The van der Waals surface area contributed by atoms with Crippen LogP contribution in [0, 0.1) is 0 Å². The van der Waals surface area contributed by atoms with Crippen molar-refractivity contribution >= 4 is 12.1 Å². The van der Waals surface area contributed by atoms with Crippen LogP contribution in [0.4, 0.5) is 0 Å². The third kappa shape index (κ3) is 4.69. The molecule has 0 saturated carbocycles. The molecule has 3 rings (SSSR count). The van der Waals surface area contributed by atoms with E-state index in [1.165, 1.54) is 6.21 Å². The summed E-state index contributed by atoms with van der Waals surface area (Å²) in [6.45, 7) is 5.03. The van der Waals surface area contributed by atoms with Crippen LogP contribution in [0.25, 0.3) is 0 Å². The van der Waals surface area contributed by atoms with Gasteiger partial charge < -0.3 is 18.9 Å². The molecule has 1 amide bonds. The van der Waals surface area contributed by atoms with E-state index in [1.807, 2.05) is 38.1 Å². The Hall–Kier alpha value is -3.22. The Morgan fingerprint density at radius 3 is 2.67 bits per heavy atom. The third-order valence-corrected chi connectivity index (χ3v) is 3.76. The van der Waals surface area contributed by atoms with E-state index in [-0.39, 0.29) is 12.5 Å². The summed E-state index contributed by atoms with van der Waals surface area (Å²) in [6, 6.07) is 12.7. The average molecular weight is 370 g/mol. The van der Waals surface area contributed by atoms with Crippen molar-refractivity contribution in [2.75, 3.05) is 19.8 Å². The number of nitrogens with zero attached hydrogens (tertiary/aromatic N) is 1. The molecule has 0 saturated heterocycles. The topological polar surface area (TPSA) is 78.4 Å². The molecule has 7 nitrogen and oxygen atoms in total. The SMILES string of the molecule is CCOc1ccc(/C=N\NC(=O)[C@@H]2COc3ccccc3O2)cc1OCC. The lowest BCUT2D eigenvalue weighted by Crippen LogP contribution is -2.42. The molecule has 0 unspecified atom stereocenters. The summed E-state index contributed by atoms with van der Waals surface area (Å²) in [5, 5.41) is 3.99. The van der Waals surface area contributed by atoms with Gasteiger partial charge in [0.1, 0.15) is 6.61 Å². The first-order valence-corrected chi connectivity index (χ1v) is 8.82. The van der Waals surface area contributed by atoms with Gasteiger partial charge in [0.2, 0.25) is 6.10 Å². The van der Waals surface area contributed by atoms with E-state index in [1.54, 1.807) is 18.2 Å². The second-order valence-corrected chi connectivity index (χ2v) is 5.67. The van der Waals surface area contributed by atoms with Crippen LogP contribution in [0.15, 0.2) is 47.6 Å². The zero-order valence-corrected chi connectivity index (χ0v) is 15.3. The Labute approximate surface area is 157 Å². The lowest BCUT2D eigenvalue weighted by molar-refractivity contribution is -0.130. The van der Waals surface area contributed by atoms with Gasteiger partial charge in [0.25, 0.3) is 5.91 Å². The molecule has 142 valence electrons. The number of fused-ring (bicyclic) bond motifs is 1. The summed E-state index contributed by atoms with van der Waals surface area (Å²) in [7, 11) is 0. The second kappa shape index (κ2) is 8.93. The summed E-state index contributed by atoms with van der Waals surface area (Å²) in [5.41, 5.74) is 3.25. The first-order chi connectivity index (χ1) is 13.2. The molecule has 0 radical (unpaired) electrons. The third-order valence-electron chi connectivity index (χ3n) is 3.76. The second-order valence-electron chi connectivity index (χ2n) is 5.67. The summed E-state index contributed by atoms with van der Waals surface area (Å²) >= 11 is 0. The first-order valence-electron chi connectivity index (χ1n) is 8.82. The normalized spacial score (nSPS) is 15.4. The maximum absolute atomic E-state index is 12.2. The molecule has 1 aliphatic rings. The molecule has 0 fully saturated rings. The molecule has 2 aromatic carbocycles. The summed E-state index contributed by atoms with van der Waals surface area (Å²) < 4.78 is 22.3. The van der Waals surface area contributed by atoms with E-state index < -0.39 is 6.10 Å². The van der Waals surface area contributed by atoms with E-state index in [4.69, 9.17) is 18.9 Å². The van der Waals surface area contributed by atoms with Crippen molar-refractivity contribution in [2.45, 2.75) is 20.0 Å². The highest BCUT2D eigenvalue weighted by Crippen LogP contribution is 2.31. The molecule has 0 aromatic heterocycles. The van der Waals surface area contributed by atoms with Crippen molar-refractivity contribution in [3.63, 3.8) is 0 Å². The molecule has 2 aromatic rings. The molecule has 0 spiro atoms. The van der Waals surface area contributed by atoms with Gasteiger partial charge in [0.05, 0.1) is 19.4 Å². The number of carbonyl (C=O) groups excluding carboxylic acids is 1. The smallest absolute Gasteiger partial charge is 0.284 e. The number of ether oxygens (including phenoxy) is 4.